The highest BCUT2D eigenvalue weighted by Crippen LogP contribution is 2.22. The standard InChI is InChI=1S/C20H29N5O/c1-2-24-11-7-9-16(24)13-22-20(26)17-14-23-25-18-10-6-4-3-5-8-15(18)12-21-19(17)25/h12,14,16H,2-11,13H2,1H3,(H,22,26). The van der Waals surface area contributed by atoms with Crippen LogP contribution in [0.4, 0.5) is 0 Å². The molecule has 0 bridgehead atoms. The molecule has 0 saturated carbocycles. The summed E-state index contributed by atoms with van der Waals surface area (Å²) in [6.07, 6.45) is 13.1. The highest BCUT2D eigenvalue weighted by atomic mass is 16.1. The fourth-order valence-corrected chi connectivity index (χ4v) is 4.46. The number of likely N-dealkylation sites (N-methyl/N-ethyl adjacent to an activating group) is 1. The van der Waals surface area contributed by atoms with Crippen molar-refractivity contribution >= 4 is 11.6 Å². The Hall–Kier alpha value is -1.95. The molecule has 0 radical (unpaired) electrons. The molecule has 0 spiro atoms. The molecule has 3 heterocycles. The first-order chi connectivity index (χ1) is 12.8. The topological polar surface area (TPSA) is 62.5 Å². The third-order valence-electron chi connectivity index (χ3n) is 5.97. The lowest BCUT2D eigenvalue weighted by Crippen LogP contribution is -2.40. The number of carbonyl (C=O) groups excluding carboxylic acids is 1. The Balaban J connectivity index is 1.53. The van der Waals surface area contributed by atoms with Gasteiger partial charge >= 0.3 is 0 Å². The van der Waals surface area contributed by atoms with Gasteiger partial charge in [0, 0.05) is 24.5 Å². The van der Waals surface area contributed by atoms with Crippen molar-refractivity contribution in [2.75, 3.05) is 19.6 Å². The van der Waals surface area contributed by atoms with E-state index in [4.69, 9.17) is 0 Å². The van der Waals surface area contributed by atoms with Gasteiger partial charge in [0.1, 0.15) is 5.56 Å². The van der Waals surface area contributed by atoms with Crippen molar-refractivity contribution in [3.8, 4) is 0 Å². The quantitative estimate of drug-likeness (QED) is 0.916. The first-order valence-corrected chi connectivity index (χ1v) is 10.1. The lowest BCUT2D eigenvalue weighted by Gasteiger charge is -2.22. The number of aromatic nitrogens is 3. The van der Waals surface area contributed by atoms with E-state index >= 15 is 0 Å². The highest BCUT2D eigenvalue weighted by Gasteiger charge is 2.24. The predicted octanol–water partition coefficient (Wildman–Crippen LogP) is 2.60. The number of carbonyl (C=O) groups is 1. The van der Waals surface area contributed by atoms with Crippen LogP contribution in [0.5, 0.6) is 0 Å². The van der Waals surface area contributed by atoms with Crippen molar-refractivity contribution in [1.82, 2.24) is 24.8 Å². The van der Waals surface area contributed by atoms with Crippen molar-refractivity contribution in [1.29, 1.82) is 0 Å². The molecule has 1 aliphatic heterocycles. The van der Waals surface area contributed by atoms with Crippen LogP contribution in [0.2, 0.25) is 0 Å². The maximum Gasteiger partial charge on any atom is 0.256 e. The Labute approximate surface area is 155 Å². The average Bonchev–Trinajstić information content (AvgIpc) is 3.26. The van der Waals surface area contributed by atoms with Crippen molar-refractivity contribution < 1.29 is 4.79 Å². The zero-order valence-electron chi connectivity index (χ0n) is 15.7. The van der Waals surface area contributed by atoms with Crippen LogP contribution in [0.15, 0.2) is 12.4 Å². The normalized spacial score (nSPS) is 21.3. The first-order valence-electron chi connectivity index (χ1n) is 10.1. The molecule has 6 nitrogen and oxygen atoms in total. The number of fused-ring (bicyclic) bond motifs is 3. The minimum Gasteiger partial charge on any atom is -0.350 e. The van der Waals surface area contributed by atoms with Crippen LogP contribution in [0.1, 0.15) is 67.1 Å². The van der Waals surface area contributed by atoms with Crippen molar-refractivity contribution in [2.24, 2.45) is 0 Å². The summed E-state index contributed by atoms with van der Waals surface area (Å²) in [7, 11) is 0. The number of amides is 1. The van der Waals surface area contributed by atoms with Gasteiger partial charge in [0.15, 0.2) is 5.65 Å². The molecule has 1 amide bonds. The van der Waals surface area contributed by atoms with Crippen molar-refractivity contribution in [3.63, 3.8) is 0 Å². The Morgan fingerprint density at radius 2 is 2.04 bits per heavy atom. The summed E-state index contributed by atoms with van der Waals surface area (Å²) in [6.45, 7) is 5.07. The number of nitrogens with one attached hydrogen (secondary N) is 1. The molecule has 2 aromatic heterocycles. The van der Waals surface area contributed by atoms with Crippen LogP contribution in [-0.2, 0) is 12.8 Å². The second-order valence-corrected chi connectivity index (χ2v) is 7.57. The average molecular weight is 355 g/mol. The van der Waals surface area contributed by atoms with Gasteiger partial charge in [-0.25, -0.2) is 9.50 Å². The molecule has 4 rings (SSSR count). The number of hydrogen-bond acceptors (Lipinski definition) is 4. The third kappa shape index (κ3) is 3.34. The SMILES string of the molecule is CCN1CCCC1CNC(=O)c1cnn2c3c(cnc12)CCCCCC3. The second kappa shape index (κ2) is 7.74. The smallest absolute Gasteiger partial charge is 0.256 e. The number of likely N-dealkylation sites (tertiary alicyclic amines) is 1. The number of nitrogens with zero attached hydrogens (tertiary/aromatic N) is 4. The lowest BCUT2D eigenvalue weighted by atomic mass is 9.98. The van der Waals surface area contributed by atoms with Gasteiger partial charge in [0.2, 0.25) is 0 Å². The van der Waals surface area contributed by atoms with Crippen LogP contribution < -0.4 is 5.32 Å². The zero-order valence-corrected chi connectivity index (χ0v) is 15.7. The van der Waals surface area contributed by atoms with E-state index in [2.05, 4.69) is 27.2 Å². The summed E-state index contributed by atoms with van der Waals surface area (Å²) in [5.74, 6) is -0.0544. The highest BCUT2D eigenvalue weighted by molar-refractivity contribution is 5.99. The molecular formula is C20H29N5O. The van der Waals surface area contributed by atoms with Gasteiger partial charge < -0.3 is 5.32 Å². The summed E-state index contributed by atoms with van der Waals surface area (Å²) >= 11 is 0. The molecule has 140 valence electrons. The number of rotatable bonds is 4. The van der Waals surface area contributed by atoms with E-state index in [0.717, 1.165) is 32.4 Å². The lowest BCUT2D eigenvalue weighted by molar-refractivity contribution is 0.0943. The molecule has 0 aromatic carbocycles. The first kappa shape index (κ1) is 17.5. The predicted molar refractivity (Wildman–Crippen MR) is 101 cm³/mol. The van der Waals surface area contributed by atoms with E-state index < -0.39 is 0 Å². The third-order valence-corrected chi connectivity index (χ3v) is 5.97. The summed E-state index contributed by atoms with van der Waals surface area (Å²) in [5.41, 5.74) is 3.81. The van der Waals surface area contributed by atoms with Crippen LogP contribution in [0.3, 0.4) is 0 Å². The second-order valence-electron chi connectivity index (χ2n) is 7.57. The van der Waals surface area contributed by atoms with Crippen LogP contribution in [0, 0.1) is 0 Å². The molecular weight excluding hydrogens is 326 g/mol. The van der Waals surface area contributed by atoms with Crippen molar-refractivity contribution in [3.05, 3.63) is 29.2 Å². The van der Waals surface area contributed by atoms with E-state index in [-0.39, 0.29) is 5.91 Å². The summed E-state index contributed by atoms with van der Waals surface area (Å²) < 4.78 is 1.91. The van der Waals surface area contributed by atoms with Crippen LogP contribution >= 0.6 is 0 Å². The zero-order chi connectivity index (χ0) is 17.9. The van der Waals surface area contributed by atoms with Gasteiger partial charge in [-0.2, -0.15) is 5.10 Å². The van der Waals surface area contributed by atoms with E-state index in [9.17, 15) is 4.79 Å². The molecule has 2 aromatic rings. The Bertz CT molecular complexity index is 784. The van der Waals surface area contributed by atoms with Crippen molar-refractivity contribution in [2.45, 2.75) is 64.3 Å². The van der Waals surface area contributed by atoms with E-state index in [0.29, 0.717) is 23.8 Å². The molecule has 1 atom stereocenters. The maximum absolute atomic E-state index is 12.7. The summed E-state index contributed by atoms with van der Waals surface area (Å²) in [5, 5.41) is 7.63. The molecule has 1 N–H and O–H groups in total. The molecule has 2 aliphatic rings. The van der Waals surface area contributed by atoms with Gasteiger partial charge in [0.05, 0.1) is 6.20 Å². The van der Waals surface area contributed by atoms with E-state index in [1.807, 2.05) is 10.7 Å². The molecule has 26 heavy (non-hydrogen) atoms. The van der Waals surface area contributed by atoms with E-state index in [1.165, 1.54) is 43.4 Å². The largest absolute Gasteiger partial charge is 0.350 e. The van der Waals surface area contributed by atoms with Crippen LogP contribution in [0.25, 0.3) is 5.65 Å². The minimum atomic E-state index is -0.0544. The molecule has 1 unspecified atom stereocenters. The summed E-state index contributed by atoms with van der Waals surface area (Å²) in [6, 6.07) is 0.457. The molecule has 1 aliphatic carbocycles. The number of aryl methyl sites for hydroxylation is 2. The Morgan fingerprint density at radius 1 is 1.19 bits per heavy atom. The number of hydrogen-bond donors (Lipinski definition) is 1. The Kier molecular flexibility index (Phi) is 5.20. The Morgan fingerprint density at radius 3 is 2.88 bits per heavy atom. The van der Waals surface area contributed by atoms with Gasteiger partial charge in [-0.1, -0.05) is 19.8 Å². The van der Waals surface area contributed by atoms with Gasteiger partial charge in [-0.15, -0.1) is 0 Å². The molecule has 6 heteroatoms. The van der Waals surface area contributed by atoms with E-state index in [1.54, 1.807) is 6.20 Å². The molecule has 1 fully saturated rings. The fourth-order valence-electron chi connectivity index (χ4n) is 4.46. The maximum atomic E-state index is 12.7. The van der Waals surface area contributed by atoms with Gasteiger partial charge in [0.25, 0.3) is 5.91 Å². The van der Waals surface area contributed by atoms with Gasteiger partial charge in [-0.3, -0.25) is 9.69 Å². The van der Waals surface area contributed by atoms with Gasteiger partial charge in [-0.05, 0) is 57.2 Å². The summed E-state index contributed by atoms with van der Waals surface area (Å²) in [4.78, 5) is 19.8. The minimum absolute atomic E-state index is 0.0544. The van der Waals surface area contributed by atoms with Crippen LogP contribution in [-0.4, -0.2) is 51.1 Å². The molecule has 1 saturated heterocycles. The fraction of sp³-hybridized carbons (Fsp3) is 0.650. The monoisotopic (exact) mass is 355 g/mol.